The topological polar surface area (TPSA) is 72.4 Å². The zero-order valence-corrected chi connectivity index (χ0v) is 18.9. The van der Waals surface area contributed by atoms with Crippen LogP contribution in [0.25, 0.3) is 10.8 Å². The zero-order valence-electron chi connectivity index (χ0n) is 18.0. The van der Waals surface area contributed by atoms with Gasteiger partial charge in [-0.05, 0) is 36.4 Å². The lowest BCUT2D eigenvalue weighted by molar-refractivity contribution is 0.0941. The maximum absolute atomic E-state index is 13.0. The first-order valence-corrected chi connectivity index (χ1v) is 11.9. The van der Waals surface area contributed by atoms with Gasteiger partial charge in [-0.3, -0.25) is 4.79 Å². The molecule has 4 aromatic rings. The largest absolute Gasteiger partial charge is 0.347 e. The van der Waals surface area contributed by atoms with E-state index in [1.807, 2.05) is 64.5 Å². The number of unbranched alkanes of at least 4 members (excludes halogenated alkanes) is 2. The van der Waals surface area contributed by atoms with Crippen molar-refractivity contribution in [1.29, 1.82) is 0 Å². The smallest absolute Gasteiger partial charge is 0.269 e. The van der Waals surface area contributed by atoms with Crippen LogP contribution in [0.3, 0.4) is 0 Å². The van der Waals surface area contributed by atoms with Crippen LogP contribution >= 0.6 is 11.3 Å². The zero-order chi connectivity index (χ0) is 22.2. The summed E-state index contributed by atoms with van der Waals surface area (Å²) in [6.07, 6.45) is 2.96. The minimum absolute atomic E-state index is 0.0803. The molecular formula is C26H28N4OS. The molecule has 3 N–H and O–H groups in total. The Kier molecular flexibility index (Phi) is 7.48. The van der Waals surface area contributed by atoms with Crippen LogP contribution in [-0.4, -0.2) is 17.0 Å². The third kappa shape index (κ3) is 5.33. The van der Waals surface area contributed by atoms with Gasteiger partial charge >= 0.3 is 0 Å². The molecule has 1 amide bonds. The molecule has 0 bridgehead atoms. The summed E-state index contributed by atoms with van der Waals surface area (Å²) in [6.45, 7) is 1.92. The number of nitrogens with two attached hydrogens (primary N) is 1. The number of rotatable bonds is 9. The number of hydrogen-bond acceptors (Lipinski definition) is 4. The molecule has 0 unspecified atom stereocenters. The molecule has 0 aliphatic carbocycles. The van der Waals surface area contributed by atoms with E-state index in [9.17, 15) is 4.79 Å². The van der Waals surface area contributed by atoms with Crippen LogP contribution in [0.2, 0.25) is 0 Å². The van der Waals surface area contributed by atoms with Gasteiger partial charge in [0, 0.05) is 23.9 Å². The highest BCUT2D eigenvalue weighted by Gasteiger charge is 2.14. The second-order valence-electron chi connectivity index (χ2n) is 7.68. The van der Waals surface area contributed by atoms with E-state index in [0.717, 1.165) is 52.6 Å². The molecule has 0 aliphatic rings. The van der Waals surface area contributed by atoms with Crippen LogP contribution in [0.1, 0.15) is 35.3 Å². The average molecular weight is 445 g/mol. The van der Waals surface area contributed by atoms with E-state index in [4.69, 9.17) is 10.7 Å². The quantitative estimate of drug-likeness (QED) is 0.357. The van der Waals surface area contributed by atoms with Gasteiger partial charge in [0.1, 0.15) is 5.69 Å². The van der Waals surface area contributed by atoms with E-state index >= 15 is 0 Å². The Labute approximate surface area is 192 Å². The highest BCUT2D eigenvalue weighted by molar-refractivity contribution is 7.07. The van der Waals surface area contributed by atoms with Crippen LogP contribution < -0.4 is 15.9 Å². The fourth-order valence-electron chi connectivity index (χ4n) is 3.69. The van der Waals surface area contributed by atoms with Crippen molar-refractivity contribution in [2.75, 3.05) is 6.54 Å². The number of nitrogens with zero attached hydrogens (tertiary/aromatic N) is 2. The first-order valence-electron chi connectivity index (χ1n) is 11.0. The van der Waals surface area contributed by atoms with Crippen LogP contribution in [0.15, 0.2) is 83.2 Å². The summed E-state index contributed by atoms with van der Waals surface area (Å²) >= 11 is 1.50. The number of nitrogens with one attached hydrogen (secondary N) is 1. The van der Waals surface area contributed by atoms with Crippen LogP contribution in [0.5, 0.6) is 0 Å². The predicted octanol–water partition coefficient (Wildman–Crippen LogP) is 4.99. The fraction of sp³-hybridized carbons (Fsp3) is 0.231. The molecule has 164 valence electrons. The second kappa shape index (κ2) is 10.9. The van der Waals surface area contributed by atoms with E-state index in [-0.39, 0.29) is 5.91 Å². The SMILES string of the molecule is NCCCCCn1c(C(=O)NCc2ccccc2)csc1=Nc1cccc2ccccc12. The van der Waals surface area contributed by atoms with Crippen molar-refractivity contribution < 1.29 is 4.79 Å². The molecule has 1 heterocycles. The summed E-state index contributed by atoms with van der Waals surface area (Å²) < 4.78 is 2.04. The van der Waals surface area contributed by atoms with Crippen LogP contribution in [-0.2, 0) is 13.1 Å². The van der Waals surface area contributed by atoms with Crippen molar-refractivity contribution in [3.8, 4) is 0 Å². The Morgan fingerprint density at radius 3 is 2.56 bits per heavy atom. The second-order valence-corrected chi connectivity index (χ2v) is 8.52. The van der Waals surface area contributed by atoms with Gasteiger partial charge < -0.3 is 15.6 Å². The van der Waals surface area contributed by atoms with E-state index in [1.165, 1.54) is 11.3 Å². The van der Waals surface area contributed by atoms with Crippen molar-refractivity contribution >= 4 is 33.7 Å². The summed E-state index contributed by atoms with van der Waals surface area (Å²) in [5, 5.41) is 7.22. The first-order chi connectivity index (χ1) is 15.8. The summed E-state index contributed by atoms with van der Waals surface area (Å²) in [4.78, 5) is 18.8. The lowest BCUT2D eigenvalue weighted by Crippen LogP contribution is -2.28. The van der Waals surface area contributed by atoms with Gasteiger partial charge in [0.05, 0.1) is 5.69 Å². The van der Waals surface area contributed by atoms with Crippen LogP contribution in [0, 0.1) is 0 Å². The Morgan fingerprint density at radius 1 is 0.938 bits per heavy atom. The summed E-state index contributed by atoms with van der Waals surface area (Å²) in [5.41, 5.74) is 8.30. The maximum Gasteiger partial charge on any atom is 0.269 e. The van der Waals surface area contributed by atoms with Gasteiger partial charge in [-0.15, -0.1) is 11.3 Å². The number of thiazole rings is 1. The van der Waals surface area contributed by atoms with Gasteiger partial charge in [0.2, 0.25) is 0 Å². The molecule has 0 aliphatic heterocycles. The average Bonchev–Trinajstić information content (AvgIpc) is 3.23. The van der Waals surface area contributed by atoms with Gasteiger partial charge in [-0.1, -0.05) is 73.2 Å². The van der Waals surface area contributed by atoms with E-state index in [1.54, 1.807) is 0 Å². The molecule has 4 rings (SSSR count). The van der Waals surface area contributed by atoms with E-state index in [0.29, 0.717) is 18.8 Å². The fourth-order valence-corrected chi connectivity index (χ4v) is 4.61. The minimum atomic E-state index is -0.0803. The number of aromatic nitrogens is 1. The Morgan fingerprint density at radius 2 is 1.72 bits per heavy atom. The lowest BCUT2D eigenvalue weighted by Gasteiger charge is -2.10. The normalized spacial score (nSPS) is 11.7. The van der Waals surface area contributed by atoms with Crippen LogP contribution in [0.4, 0.5) is 5.69 Å². The summed E-state index contributed by atoms with van der Waals surface area (Å²) in [5.74, 6) is -0.0803. The molecule has 0 saturated heterocycles. The number of benzene rings is 3. The predicted molar refractivity (Wildman–Crippen MR) is 132 cm³/mol. The Balaban J connectivity index is 1.65. The molecule has 1 aromatic heterocycles. The lowest BCUT2D eigenvalue weighted by atomic mass is 10.1. The Hall–Kier alpha value is -3.22. The highest BCUT2D eigenvalue weighted by Crippen LogP contribution is 2.25. The monoisotopic (exact) mass is 444 g/mol. The van der Waals surface area contributed by atoms with Gasteiger partial charge in [0.15, 0.2) is 4.80 Å². The van der Waals surface area contributed by atoms with Crippen molar-refractivity contribution in [2.45, 2.75) is 32.4 Å². The van der Waals surface area contributed by atoms with Crippen molar-refractivity contribution in [3.63, 3.8) is 0 Å². The molecule has 0 atom stereocenters. The van der Waals surface area contributed by atoms with Crippen molar-refractivity contribution in [1.82, 2.24) is 9.88 Å². The summed E-state index contributed by atoms with van der Waals surface area (Å²) in [7, 11) is 0. The minimum Gasteiger partial charge on any atom is -0.347 e. The standard InChI is InChI=1S/C26H28N4OS/c27-16-7-2-8-17-30-24(25(31)28-18-20-10-3-1-4-11-20)19-32-26(30)29-23-15-9-13-21-12-5-6-14-22(21)23/h1,3-6,9-15,19H,2,7-8,16-18,27H2,(H,28,31). The van der Waals surface area contributed by atoms with Crippen molar-refractivity contribution in [3.05, 3.63) is 94.2 Å². The number of amides is 1. The maximum atomic E-state index is 13.0. The summed E-state index contributed by atoms with van der Waals surface area (Å²) in [6, 6.07) is 24.3. The third-order valence-corrected chi connectivity index (χ3v) is 6.26. The third-order valence-electron chi connectivity index (χ3n) is 5.39. The number of fused-ring (bicyclic) bond motifs is 1. The van der Waals surface area contributed by atoms with E-state index in [2.05, 4.69) is 23.5 Å². The number of carbonyl (C=O) groups is 1. The molecular weight excluding hydrogens is 416 g/mol. The number of carbonyl (C=O) groups excluding carboxylic acids is 1. The molecule has 0 spiro atoms. The van der Waals surface area contributed by atoms with Gasteiger partial charge in [-0.2, -0.15) is 0 Å². The van der Waals surface area contributed by atoms with Gasteiger partial charge in [-0.25, -0.2) is 4.99 Å². The molecule has 3 aromatic carbocycles. The molecule has 6 heteroatoms. The molecule has 5 nitrogen and oxygen atoms in total. The van der Waals surface area contributed by atoms with Crippen molar-refractivity contribution in [2.24, 2.45) is 10.7 Å². The first kappa shape index (κ1) is 22.0. The Bertz CT molecular complexity index is 1240. The van der Waals surface area contributed by atoms with Gasteiger partial charge in [0.25, 0.3) is 5.91 Å². The molecule has 32 heavy (non-hydrogen) atoms. The number of hydrogen-bond donors (Lipinski definition) is 2. The molecule has 0 radical (unpaired) electrons. The highest BCUT2D eigenvalue weighted by atomic mass is 32.1. The van der Waals surface area contributed by atoms with E-state index < -0.39 is 0 Å². The molecule has 0 saturated carbocycles. The molecule has 0 fully saturated rings.